The predicted octanol–water partition coefficient (Wildman–Crippen LogP) is 0.352. The summed E-state index contributed by atoms with van der Waals surface area (Å²) in [6.45, 7) is -0.0984. The lowest BCUT2D eigenvalue weighted by atomic mass is 10.2. The Morgan fingerprint density at radius 1 is 1.16 bits per heavy atom. The second kappa shape index (κ2) is 5.21. The first-order valence-electron chi connectivity index (χ1n) is 5.31. The van der Waals surface area contributed by atoms with Gasteiger partial charge in [-0.2, -0.15) is 0 Å². The Kier molecular flexibility index (Phi) is 3.63. The Morgan fingerprint density at radius 2 is 1.74 bits per heavy atom. The zero-order valence-electron chi connectivity index (χ0n) is 9.81. The Balaban J connectivity index is 2.23. The zero-order valence-corrected chi connectivity index (χ0v) is 10.6. The van der Waals surface area contributed by atoms with Gasteiger partial charge < -0.3 is 10.8 Å². The molecule has 4 N–H and O–H groups in total. The van der Waals surface area contributed by atoms with E-state index in [4.69, 9.17) is 10.8 Å². The highest BCUT2D eigenvalue weighted by atomic mass is 32.2. The lowest BCUT2D eigenvalue weighted by Gasteiger charge is -2.07. The van der Waals surface area contributed by atoms with Crippen molar-refractivity contribution in [3.8, 4) is 0 Å². The van der Waals surface area contributed by atoms with Crippen LogP contribution in [-0.2, 0) is 16.6 Å². The third kappa shape index (κ3) is 3.18. The highest BCUT2D eigenvalue weighted by molar-refractivity contribution is 7.92. The quantitative estimate of drug-likeness (QED) is 0.743. The van der Waals surface area contributed by atoms with E-state index >= 15 is 0 Å². The molecular formula is C11H12N4O3S. The molecule has 0 saturated carbocycles. The monoisotopic (exact) mass is 280 g/mol. The maximum absolute atomic E-state index is 12.0. The molecule has 0 aliphatic rings. The average Bonchev–Trinajstić information content (AvgIpc) is 2.40. The number of anilines is 2. The normalized spacial score (nSPS) is 11.2. The second-order valence-electron chi connectivity index (χ2n) is 3.74. The van der Waals surface area contributed by atoms with Gasteiger partial charge in [-0.3, -0.25) is 4.72 Å². The Hall–Kier alpha value is -2.19. The summed E-state index contributed by atoms with van der Waals surface area (Å²) in [5.74, 6) is 0.00579. The van der Waals surface area contributed by atoms with Gasteiger partial charge in [-0.15, -0.1) is 0 Å². The van der Waals surface area contributed by atoms with Crippen molar-refractivity contribution in [2.75, 3.05) is 10.5 Å². The van der Waals surface area contributed by atoms with Crippen molar-refractivity contribution in [2.45, 2.75) is 11.5 Å². The SMILES string of the molecule is Nc1ncc(S(=O)(=O)Nc2ccc(CO)cc2)cn1. The van der Waals surface area contributed by atoms with Gasteiger partial charge in [0.1, 0.15) is 4.90 Å². The molecular weight excluding hydrogens is 268 g/mol. The summed E-state index contributed by atoms with van der Waals surface area (Å²) in [6.07, 6.45) is 2.26. The number of hydrogen-bond acceptors (Lipinski definition) is 6. The molecule has 100 valence electrons. The maximum Gasteiger partial charge on any atom is 0.264 e. The molecule has 2 rings (SSSR count). The van der Waals surface area contributed by atoms with E-state index in [0.717, 1.165) is 12.4 Å². The number of aliphatic hydroxyl groups excluding tert-OH is 1. The molecule has 0 aliphatic carbocycles. The number of sulfonamides is 1. The number of rotatable bonds is 4. The number of aromatic nitrogens is 2. The number of nitrogen functional groups attached to an aromatic ring is 1. The number of nitrogens with one attached hydrogen (secondary N) is 1. The fourth-order valence-electron chi connectivity index (χ4n) is 1.36. The minimum atomic E-state index is -3.74. The van der Waals surface area contributed by atoms with Gasteiger partial charge in [0.25, 0.3) is 10.0 Å². The molecule has 1 aromatic heterocycles. The third-order valence-corrected chi connectivity index (χ3v) is 3.68. The molecule has 0 spiro atoms. The minimum absolute atomic E-state index is 0.00579. The van der Waals surface area contributed by atoms with Gasteiger partial charge in [0.05, 0.1) is 19.0 Å². The van der Waals surface area contributed by atoms with E-state index < -0.39 is 10.0 Å². The number of aliphatic hydroxyl groups is 1. The van der Waals surface area contributed by atoms with Crippen LogP contribution in [0.15, 0.2) is 41.6 Å². The van der Waals surface area contributed by atoms with Crippen LogP contribution < -0.4 is 10.5 Å². The summed E-state index contributed by atoms with van der Waals surface area (Å²) in [7, 11) is -3.74. The van der Waals surface area contributed by atoms with Gasteiger partial charge in [0.2, 0.25) is 5.95 Å². The first-order chi connectivity index (χ1) is 9.01. The highest BCUT2D eigenvalue weighted by Gasteiger charge is 2.15. The van der Waals surface area contributed by atoms with E-state index in [1.54, 1.807) is 24.3 Å². The Morgan fingerprint density at radius 3 is 2.26 bits per heavy atom. The summed E-state index contributed by atoms with van der Waals surface area (Å²) in [5.41, 5.74) is 6.37. The largest absolute Gasteiger partial charge is 0.392 e. The fraction of sp³-hybridized carbons (Fsp3) is 0.0909. The van der Waals surface area contributed by atoms with E-state index in [2.05, 4.69) is 14.7 Å². The van der Waals surface area contributed by atoms with Gasteiger partial charge in [-0.25, -0.2) is 18.4 Å². The first-order valence-corrected chi connectivity index (χ1v) is 6.80. The van der Waals surface area contributed by atoms with Gasteiger partial charge in [-0.1, -0.05) is 12.1 Å². The van der Waals surface area contributed by atoms with Crippen molar-refractivity contribution in [3.05, 3.63) is 42.2 Å². The van der Waals surface area contributed by atoms with Crippen LogP contribution in [0.25, 0.3) is 0 Å². The van der Waals surface area contributed by atoms with E-state index in [-0.39, 0.29) is 17.5 Å². The van der Waals surface area contributed by atoms with Crippen molar-refractivity contribution in [3.63, 3.8) is 0 Å². The molecule has 0 bridgehead atoms. The van der Waals surface area contributed by atoms with E-state index in [9.17, 15) is 8.42 Å². The minimum Gasteiger partial charge on any atom is -0.392 e. The molecule has 0 fully saturated rings. The van der Waals surface area contributed by atoms with Crippen LogP contribution in [0.5, 0.6) is 0 Å². The molecule has 0 radical (unpaired) electrons. The van der Waals surface area contributed by atoms with Crippen molar-refractivity contribution >= 4 is 21.7 Å². The van der Waals surface area contributed by atoms with Crippen LogP contribution in [0.3, 0.4) is 0 Å². The molecule has 0 amide bonds. The molecule has 19 heavy (non-hydrogen) atoms. The maximum atomic E-state index is 12.0. The van der Waals surface area contributed by atoms with Gasteiger partial charge in [-0.05, 0) is 17.7 Å². The predicted molar refractivity (Wildman–Crippen MR) is 69.6 cm³/mol. The third-order valence-electron chi connectivity index (χ3n) is 2.35. The Labute approximate surface area is 110 Å². The molecule has 8 heteroatoms. The molecule has 2 aromatic rings. The number of nitrogens with zero attached hydrogens (tertiary/aromatic N) is 2. The molecule has 7 nitrogen and oxygen atoms in total. The fourth-order valence-corrected chi connectivity index (χ4v) is 2.30. The lowest BCUT2D eigenvalue weighted by Crippen LogP contribution is -2.14. The first kappa shape index (κ1) is 13.2. The van der Waals surface area contributed by atoms with Gasteiger partial charge in [0, 0.05) is 5.69 Å². The van der Waals surface area contributed by atoms with Crippen LogP contribution in [0.1, 0.15) is 5.56 Å². The number of hydrogen-bond donors (Lipinski definition) is 3. The molecule has 0 saturated heterocycles. The summed E-state index contributed by atoms with van der Waals surface area (Å²) in [6, 6.07) is 6.36. The molecule has 1 aromatic carbocycles. The van der Waals surface area contributed by atoms with Crippen LogP contribution in [0.4, 0.5) is 11.6 Å². The molecule has 1 heterocycles. The van der Waals surface area contributed by atoms with Crippen molar-refractivity contribution < 1.29 is 13.5 Å². The van der Waals surface area contributed by atoms with Crippen LogP contribution in [0.2, 0.25) is 0 Å². The number of benzene rings is 1. The van der Waals surface area contributed by atoms with E-state index in [1.165, 1.54) is 0 Å². The van der Waals surface area contributed by atoms with Crippen LogP contribution in [-0.4, -0.2) is 23.5 Å². The van der Waals surface area contributed by atoms with E-state index in [1.807, 2.05) is 0 Å². The van der Waals surface area contributed by atoms with Crippen LogP contribution >= 0.6 is 0 Å². The van der Waals surface area contributed by atoms with Crippen molar-refractivity contribution in [1.82, 2.24) is 9.97 Å². The summed E-state index contributed by atoms with van der Waals surface area (Å²) in [5, 5.41) is 8.90. The standard InChI is InChI=1S/C11H12N4O3S/c12-11-13-5-10(6-14-11)19(17,18)15-9-3-1-8(7-16)2-4-9/h1-6,15-16H,7H2,(H2,12,13,14). The number of nitrogens with two attached hydrogens (primary N) is 1. The topological polar surface area (TPSA) is 118 Å². The molecule has 0 atom stereocenters. The average molecular weight is 280 g/mol. The molecule has 0 aliphatic heterocycles. The summed E-state index contributed by atoms with van der Waals surface area (Å²) < 4.78 is 26.3. The second-order valence-corrected chi connectivity index (χ2v) is 5.42. The van der Waals surface area contributed by atoms with Crippen molar-refractivity contribution in [2.24, 2.45) is 0 Å². The van der Waals surface area contributed by atoms with Gasteiger partial charge >= 0.3 is 0 Å². The zero-order chi connectivity index (χ0) is 13.9. The van der Waals surface area contributed by atoms with E-state index in [0.29, 0.717) is 11.3 Å². The summed E-state index contributed by atoms with van der Waals surface area (Å²) in [4.78, 5) is 7.18. The van der Waals surface area contributed by atoms with Crippen LogP contribution in [0, 0.1) is 0 Å². The highest BCUT2D eigenvalue weighted by Crippen LogP contribution is 2.15. The summed E-state index contributed by atoms with van der Waals surface area (Å²) >= 11 is 0. The smallest absolute Gasteiger partial charge is 0.264 e. The van der Waals surface area contributed by atoms with Crippen molar-refractivity contribution in [1.29, 1.82) is 0 Å². The molecule has 0 unspecified atom stereocenters. The lowest BCUT2D eigenvalue weighted by molar-refractivity contribution is 0.282. The van der Waals surface area contributed by atoms with Gasteiger partial charge in [0.15, 0.2) is 0 Å². The Bertz CT molecular complexity index is 653.